The second-order valence-electron chi connectivity index (χ2n) is 5.19. The minimum absolute atomic E-state index is 0.321. The van der Waals surface area contributed by atoms with Gasteiger partial charge in [0.25, 0.3) is 0 Å². The van der Waals surface area contributed by atoms with E-state index in [2.05, 4.69) is 6.07 Å². The van der Waals surface area contributed by atoms with E-state index in [9.17, 15) is 5.11 Å². The van der Waals surface area contributed by atoms with Crippen molar-refractivity contribution in [3.05, 3.63) is 69.7 Å². The zero-order valence-corrected chi connectivity index (χ0v) is 12.1. The van der Waals surface area contributed by atoms with Crippen molar-refractivity contribution in [1.29, 1.82) is 0 Å². The maximum atomic E-state index is 10.6. The van der Waals surface area contributed by atoms with Crippen molar-refractivity contribution in [1.82, 2.24) is 0 Å². The number of halogens is 1. The highest BCUT2D eigenvalue weighted by atomic mass is 35.5. The molecule has 0 aromatic heterocycles. The number of aliphatic hydroxyl groups excluding tert-OH is 1. The minimum Gasteiger partial charge on any atom is -0.385 e. The largest absolute Gasteiger partial charge is 0.385 e. The van der Waals surface area contributed by atoms with Crippen LogP contribution in [0.25, 0.3) is 0 Å². The molecule has 2 aromatic rings. The maximum Gasteiger partial charge on any atom is 0.113 e. The zero-order chi connectivity index (χ0) is 14.1. The number of hydrogen-bond acceptors (Lipinski definition) is 2. The zero-order valence-electron chi connectivity index (χ0n) is 11.3. The smallest absolute Gasteiger partial charge is 0.113 e. The van der Waals surface area contributed by atoms with Gasteiger partial charge in [-0.15, -0.1) is 0 Å². The van der Waals surface area contributed by atoms with Crippen molar-refractivity contribution >= 4 is 11.6 Å². The first kappa shape index (κ1) is 13.6. The Balaban J connectivity index is 1.95. The normalized spacial score (nSPS) is 19.4. The van der Waals surface area contributed by atoms with Gasteiger partial charge in [0.15, 0.2) is 0 Å². The molecule has 0 bridgehead atoms. The second kappa shape index (κ2) is 5.57. The molecular formula is C17H17ClO2. The highest BCUT2D eigenvalue weighted by Crippen LogP contribution is 2.37. The van der Waals surface area contributed by atoms with Crippen LogP contribution in [0, 0.1) is 6.92 Å². The molecule has 3 rings (SSSR count). The fourth-order valence-corrected chi connectivity index (χ4v) is 2.84. The molecule has 2 aromatic carbocycles. The predicted molar refractivity (Wildman–Crippen MR) is 80.0 cm³/mol. The van der Waals surface area contributed by atoms with E-state index in [4.69, 9.17) is 16.3 Å². The molecule has 0 radical (unpaired) electrons. The number of aryl methyl sites for hydroxylation is 1. The van der Waals surface area contributed by atoms with Gasteiger partial charge in [-0.25, -0.2) is 0 Å². The molecule has 0 aliphatic carbocycles. The lowest BCUT2D eigenvalue weighted by atomic mass is 9.91. The Hall–Kier alpha value is -1.35. The van der Waals surface area contributed by atoms with Gasteiger partial charge in [0.05, 0.1) is 6.61 Å². The minimum atomic E-state index is -0.699. The topological polar surface area (TPSA) is 29.5 Å². The third-order valence-corrected chi connectivity index (χ3v) is 4.26. The van der Waals surface area contributed by atoms with Crippen LogP contribution in [0.5, 0.6) is 0 Å². The van der Waals surface area contributed by atoms with Gasteiger partial charge in [0.2, 0.25) is 0 Å². The summed E-state index contributed by atoms with van der Waals surface area (Å²) >= 11 is 6.15. The van der Waals surface area contributed by atoms with Crippen LogP contribution in [0.15, 0.2) is 42.5 Å². The molecule has 2 unspecified atom stereocenters. The van der Waals surface area contributed by atoms with E-state index >= 15 is 0 Å². The van der Waals surface area contributed by atoms with Gasteiger partial charge in [-0.1, -0.05) is 48.0 Å². The first-order valence-electron chi connectivity index (χ1n) is 6.80. The van der Waals surface area contributed by atoms with Crippen molar-refractivity contribution in [2.75, 3.05) is 6.61 Å². The summed E-state index contributed by atoms with van der Waals surface area (Å²) in [7, 11) is 0. The van der Waals surface area contributed by atoms with Crippen molar-refractivity contribution < 1.29 is 9.84 Å². The Morgan fingerprint density at radius 1 is 1.25 bits per heavy atom. The van der Waals surface area contributed by atoms with Crippen molar-refractivity contribution in [2.24, 2.45) is 0 Å². The molecule has 1 heterocycles. The number of hydrogen-bond donors (Lipinski definition) is 1. The van der Waals surface area contributed by atoms with Crippen LogP contribution < -0.4 is 0 Å². The molecule has 2 atom stereocenters. The van der Waals surface area contributed by atoms with Gasteiger partial charge in [0, 0.05) is 5.02 Å². The average molecular weight is 289 g/mol. The highest BCUT2D eigenvalue weighted by Gasteiger charge is 2.28. The van der Waals surface area contributed by atoms with E-state index < -0.39 is 6.10 Å². The molecule has 1 aliphatic rings. The van der Waals surface area contributed by atoms with E-state index in [0.29, 0.717) is 11.6 Å². The predicted octanol–water partition coefficient (Wildman–Crippen LogP) is 4.00. The van der Waals surface area contributed by atoms with E-state index in [1.54, 1.807) is 0 Å². The first-order chi connectivity index (χ1) is 9.66. The van der Waals surface area contributed by atoms with Crippen molar-refractivity contribution in [3.63, 3.8) is 0 Å². The molecule has 0 spiro atoms. The van der Waals surface area contributed by atoms with Crippen LogP contribution in [-0.2, 0) is 11.2 Å². The van der Waals surface area contributed by atoms with E-state index in [0.717, 1.165) is 23.1 Å². The van der Waals surface area contributed by atoms with E-state index in [1.807, 2.05) is 43.3 Å². The fraction of sp³-hybridized carbons (Fsp3) is 0.294. The fourth-order valence-electron chi connectivity index (χ4n) is 2.65. The summed E-state index contributed by atoms with van der Waals surface area (Å²) in [5.41, 5.74) is 4.12. The Bertz CT molecular complexity index is 624. The molecule has 0 saturated heterocycles. The molecule has 1 N–H and O–H groups in total. The molecule has 1 aliphatic heterocycles. The molecule has 0 amide bonds. The van der Waals surface area contributed by atoms with Gasteiger partial charge >= 0.3 is 0 Å². The summed E-state index contributed by atoms with van der Waals surface area (Å²) in [5, 5.41) is 11.3. The average Bonchev–Trinajstić information content (AvgIpc) is 2.49. The SMILES string of the molecule is Cc1ccc(C(O)C2OCCc3ccccc32)cc1Cl. The molecule has 3 heteroatoms. The van der Waals surface area contributed by atoms with Crippen molar-refractivity contribution in [3.8, 4) is 0 Å². The van der Waals surface area contributed by atoms with Crippen molar-refractivity contribution in [2.45, 2.75) is 25.6 Å². The van der Waals surface area contributed by atoms with E-state index in [1.165, 1.54) is 5.56 Å². The number of benzene rings is 2. The van der Waals surface area contributed by atoms with Crippen LogP contribution in [-0.4, -0.2) is 11.7 Å². The standard InChI is InChI=1S/C17H17ClO2/c1-11-6-7-13(10-15(11)18)16(19)17-14-5-3-2-4-12(14)8-9-20-17/h2-7,10,16-17,19H,8-9H2,1H3. The lowest BCUT2D eigenvalue weighted by molar-refractivity contribution is -0.0482. The lowest BCUT2D eigenvalue weighted by Gasteiger charge is -2.30. The third kappa shape index (κ3) is 2.47. The Labute approximate surface area is 124 Å². The monoisotopic (exact) mass is 288 g/mol. The van der Waals surface area contributed by atoms with Gasteiger partial charge in [-0.3, -0.25) is 0 Å². The van der Waals surface area contributed by atoms with E-state index in [-0.39, 0.29) is 6.10 Å². The summed E-state index contributed by atoms with van der Waals surface area (Å²) in [4.78, 5) is 0. The lowest BCUT2D eigenvalue weighted by Crippen LogP contribution is -2.22. The molecular weight excluding hydrogens is 272 g/mol. The molecule has 20 heavy (non-hydrogen) atoms. The highest BCUT2D eigenvalue weighted by molar-refractivity contribution is 6.31. The first-order valence-corrected chi connectivity index (χ1v) is 7.18. The number of rotatable bonds is 2. The molecule has 2 nitrogen and oxygen atoms in total. The molecule has 0 saturated carbocycles. The Kier molecular flexibility index (Phi) is 3.79. The molecule has 0 fully saturated rings. The van der Waals surface area contributed by atoms with Gasteiger partial charge in [0.1, 0.15) is 12.2 Å². The second-order valence-corrected chi connectivity index (χ2v) is 5.60. The van der Waals surface area contributed by atoms with Crippen LogP contribution in [0.4, 0.5) is 0 Å². The van der Waals surface area contributed by atoms with Crippen LogP contribution in [0.2, 0.25) is 5.02 Å². The third-order valence-electron chi connectivity index (χ3n) is 3.85. The van der Waals surface area contributed by atoms with Gasteiger partial charge in [-0.05, 0) is 41.7 Å². The summed E-state index contributed by atoms with van der Waals surface area (Å²) in [6.07, 6.45) is -0.123. The summed E-state index contributed by atoms with van der Waals surface area (Å²) in [6.45, 7) is 2.59. The summed E-state index contributed by atoms with van der Waals surface area (Å²) in [6, 6.07) is 13.8. The van der Waals surface area contributed by atoms with Gasteiger partial charge in [-0.2, -0.15) is 0 Å². The number of ether oxygens (including phenoxy) is 1. The Morgan fingerprint density at radius 2 is 2.05 bits per heavy atom. The summed E-state index contributed by atoms with van der Waals surface area (Å²) in [5.74, 6) is 0. The molecule has 104 valence electrons. The maximum absolute atomic E-state index is 10.6. The number of aliphatic hydroxyl groups is 1. The number of fused-ring (bicyclic) bond motifs is 1. The van der Waals surface area contributed by atoms with Crippen LogP contribution in [0.1, 0.15) is 34.5 Å². The summed E-state index contributed by atoms with van der Waals surface area (Å²) < 4.78 is 5.80. The van der Waals surface area contributed by atoms with Gasteiger partial charge < -0.3 is 9.84 Å². The van der Waals surface area contributed by atoms with Crippen LogP contribution in [0.3, 0.4) is 0 Å². The quantitative estimate of drug-likeness (QED) is 0.905. The van der Waals surface area contributed by atoms with Crippen LogP contribution >= 0.6 is 11.6 Å². The Morgan fingerprint density at radius 3 is 2.85 bits per heavy atom.